The zero-order valence-electron chi connectivity index (χ0n) is 5.43. The van der Waals surface area contributed by atoms with Gasteiger partial charge in [0.1, 0.15) is 5.75 Å². The summed E-state index contributed by atoms with van der Waals surface area (Å²) in [7, 11) is 1.34. The van der Waals surface area contributed by atoms with Crippen molar-refractivity contribution in [3.8, 4) is 5.75 Å². The molecule has 0 atom stereocenters. The van der Waals surface area contributed by atoms with Crippen molar-refractivity contribution in [2.75, 3.05) is 0 Å². The van der Waals surface area contributed by atoms with Gasteiger partial charge >= 0.3 is 0 Å². The topological polar surface area (TPSA) is 9.23 Å². The first-order valence-corrected chi connectivity index (χ1v) is 6.53. The summed E-state index contributed by atoms with van der Waals surface area (Å²) < 4.78 is 5.08. The van der Waals surface area contributed by atoms with Crippen LogP contribution in [0, 0.1) is 0 Å². The lowest BCUT2D eigenvalue weighted by Crippen LogP contribution is -1.89. The van der Waals surface area contributed by atoms with Crippen molar-refractivity contribution in [2.45, 2.75) is 0 Å². The quantitative estimate of drug-likeness (QED) is 0.721. The average Bonchev–Trinajstić information content (AvgIpc) is 2.06. The lowest BCUT2D eigenvalue weighted by Gasteiger charge is -1.96. The van der Waals surface area contributed by atoms with Gasteiger partial charge in [0.2, 0.25) is 7.58 Å². The van der Waals surface area contributed by atoms with E-state index < -0.39 is 0 Å². The Labute approximate surface area is 78.5 Å². The molecule has 56 valence electrons. The molecule has 0 aliphatic carbocycles. The molecule has 0 heterocycles. The van der Waals surface area contributed by atoms with Gasteiger partial charge in [-0.25, -0.2) is 0 Å². The van der Waals surface area contributed by atoms with Crippen LogP contribution in [0.1, 0.15) is 0 Å². The zero-order valence-corrected chi connectivity index (χ0v) is 8.85. The molecule has 0 aromatic heterocycles. The summed E-state index contributed by atoms with van der Waals surface area (Å²) in [6.45, 7) is 0. The zero-order chi connectivity index (χ0) is 8.10. The van der Waals surface area contributed by atoms with Gasteiger partial charge in [-0.05, 0) is 30.0 Å². The van der Waals surface area contributed by atoms with Crippen LogP contribution in [0.25, 0.3) is 0 Å². The fourth-order valence-corrected chi connectivity index (χ4v) is 1.77. The molecule has 0 N–H and O–H groups in total. The van der Waals surface area contributed by atoms with Crippen molar-refractivity contribution >= 4 is 43.9 Å². The molecule has 11 heavy (non-hydrogen) atoms. The molecule has 0 amide bonds. The summed E-state index contributed by atoms with van der Waals surface area (Å²) in [5, 5.41) is 1.07. The molecule has 0 aliphatic heterocycles. The highest BCUT2D eigenvalue weighted by molar-refractivity contribution is 7.99. The van der Waals surface area contributed by atoms with E-state index in [-0.39, 0.29) is 0 Å². The highest BCUT2D eigenvalue weighted by Crippen LogP contribution is 2.14. The van der Waals surface area contributed by atoms with E-state index in [9.17, 15) is 0 Å². The Morgan fingerprint density at radius 3 is 2.73 bits per heavy atom. The maximum Gasteiger partial charge on any atom is 0.205 e. The lowest BCUT2D eigenvalue weighted by molar-refractivity contribution is 0.645. The number of hydrogen-bond acceptors (Lipinski definition) is 3. The van der Waals surface area contributed by atoms with Crippen LogP contribution in [0.3, 0.4) is 0 Å². The molecular weight excluding hydrogens is 214 g/mol. The standard InChI is InChI=1S/C6H4OP2S2/c10-8-6-3-1-2-5(4-6)7-9-11/h1-4H. The Balaban J connectivity index is 2.90. The predicted molar refractivity (Wildman–Crippen MR) is 55.3 cm³/mol. The van der Waals surface area contributed by atoms with E-state index in [0.29, 0.717) is 7.58 Å². The number of hydrogen-bond donors (Lipinski definition) is 0. The van der Waals surface area contributed by atoms with Gasteiger partial charge in [0.05, 0.1) is 0 Å². The molecule has 0 saturated carbocycles. The third-order valence-corrected chi connectivity index (χ3v) is 2.70. The Hall–Kier alpha value is 0.0600. The van der Waals surface area contributed by atoms with Gasteiger partial charge in [0.15, 0.2) is 0 Å². The Kier molecular flexibility index (Phi) is 4.03. The second-order valence-corrected chi connectivity index (χ2v) is 3.78. The van der Waals surface area contributed by atoms with Crippen LogP contribution in [0.5, 0.6) is 5.75 Å². The third-order valence-electron chi connectivity index (χ3n) is 1.07. The SMILES string of the molecule is S=POc1cccc(P=S)c1. The molecule has 0 aliphatic rings. The minimum Gasteiger partial charge on any atom is -0.429 e. The first kappa shape index (κ1) is 9.15. The monoisotopic (exact) mass is 218 g/mol. The van der Waals surface area contributed by atoms with E-state index in [1.54, 1.807) is 0 Å². The maximum absolute atomic E-state index is 5.08. The average molecular weight is 218 g/mol. The largest absolute Gasteiger partial charge is 0.429 e. The molecule has 5 heteroatoms. The number of rotatable bonds is 3. The second kappa shape index (κ2) is 4.84. The molecule has 0 saturated heterocycles. The van der Waals surface area contributed by atoms with Gasteiger partial charge in [-0.3, -0.25) is 0 Å². The van der Waals surface area contributed by atoms with E-state index in [0.717, 1.165) is 18.4 Å². The Morgan fingerprint density at radius 1 is 1.27 bits per heavy atom. The molecule has 0 fully saturated rings. The van der Waals surface area contributed by atoms with Crippen LogP contribution < -0.4 is 9.83 Å². The van der Waals surface area contributed by atoms with E-state index in [1.165, 1.54) is 0 Å². The summed E-state index contributed by atoms with van der Waals surface area (Å²) in [6, 6.07) is 7.63. The highest BCUT2D eigenvalue weighted by Gasteiger charge is 1.92. The van der Waals surface area contributed by atoms with Crippen molar-refractivity contribution in [1.82, 2.24) is 0 Å². The van der Waals surface area contributed by atoms with Gasteiger partial charge in [0, 0.05) is 12.7 Å². The van der Waals surface area contributed by atoms with Gasteiger partial charge in [-0.1, -0.05) is 17.9 Å². The van der Waals surface area contributed by atoms with E-state index in [2.05, 4.69) is 11.8 Å². The van der Waals surface area contributed by atoms with Crippen LogP contribution in [0.2, 0.25) is 0 Å². The Morgan fingerprint density at radius 2 is 2.09 bits per heavy atom. The van der Waals surface area contributed by atoms with Crippen molar-refractivity contribution < 1.29 is 4.52 Å². The van der Waals surface area contributed by atoms with Gasteiger partial charge in [0.25, 0.3) is 0 Å². The summed E-state index contributed by atoms with van der Waals surface area (Å²) in [5.74, 6) is 0.788. The molecule has 1 nitrogen and oxygen atoms in total. The molecule has 0 radical (unpaired) electrons. The first-order chi connectivity index (χ1) is 5.36. The predicted octanol–water partition coefficient (Wildman–Crippen LogP) is 2.42. The van der Waals surface area contributed by atoms with Gasteiger partial charge < -0.3 is 4.52 Å². The van der Waals surface area contributed by atoms with Crippen molar-refractivity contribution in [3.63, 3.8) is 0 Å². The second-order valence-electron chi connectivity index (χ2n) is 1.75. The van der Waals surface area contributed by atoms with Crippen LogP contribution in [0.15, 0.2) is 24.3 Å². The molecular formula is C6H4OP2S2. The van der Waals surface area contributed by atoms with Crippen molar-refractivity contribution in [2.24, 2.45) is 0 Å². The summed E-state index contributed by atoms with van der Waals surface area (Å²) >= 11 is 9.49. The van der Waals surface area contributed by atoms with Crippen LogP contribution in [-0.4, -0.2) is 0 Å². The minimum absolute atomic E-state index is 0.500. The smallest absolute Gasteiger partial charge is 0.205 e. The maximum atomic E-state index is 5.08. The minimum atomic E-state index is 0.500. The Bertz CT molecular complexity index is 277. The first-order valence-electron chi connectivity index (χ1n) is 2.80. The fourth-order valence-electron chi connectivity index (χ4n) is 0.640. The molecule has 1 aromatic carbocycles. The molecule has 1 aromatic rings. The number of benzene rings is 1. The summed E-state index contributed by atoms with van der Waals surface area (Å²) in [4.78, 5) is 0. The van der Waals surface area contributed by atoms with Gasteiger partial charge in [-0.15, -0.1) is 0 Å². The molecule has 0 bridgehead atoms. The highest BCUT2D eigenvalue weighted by atomic mass is 32.4. The van der Waals surface area contributed by atoms with Crippen LogP contribution in [0.4, 0.5) is 0 Å². The van der Waals surface area contributed by atoms with Crippen molar-refractivity contribution in [1.29, 1.82) is 0 Å². The molecule has 0 spiro atoms. The summed E-state index contributed by atoms with van der Waals surface area (Å²) in [5.41, 5.74) is 0. The molecule has 1 rings (SSSR count). The van der Waals surface area contributed by atoms with Gasteiger partial charge in [-0.2, -0.15) is 0 Å². The lowest BCUT2D eigenvalue weighted by atomic mass is 10.3. The van der Waals surface area contributed by atoms with E-state index >= 15 is 0 Å². The van der Waals surface area contributed by atoms with Crippen LogP contribution in [-0.2, 0) is 23.6 Å². The fraction of sp³-hybridized carbons (Fsp3) is 0. The van der Waals surface area contributed by atoms with E-state index in [4.69, 9.17) is 16.3 Å². The van der Waals surface area contributed by atoms with Crippen LogP contribution >= 0.6 is 14.9 Å². The molecule has 0 unspecified atom stereocenters. The third kappa shape index (κ3) is 2.88. The van der Waals surface area contributed by atoms with Crippen molar-refractivity contribution in [3.05, 3.63) is 24.3 Å². The normalized spacial score (nSPS) is 10.2. The summed E-state index contributed by atoms with van der Waals surface area (Å²) in [6.07, 6.45) is 0. The van der Waals surface area contributed by atoms with E-state index in [1.807, 2.05) is 24.3 Å².